The van der Waals surface area contributed by atoms with Gasteiger partial charge in [-0.05, 0) is 12.8 Å². The minimum atomic E-state index is -0.747. The van der Waals surface area contributed by atoms with Crippen molar-refractivity contribution in [1.82, 2.24) is 5.32 Å². The molecule has 0 aromatic rings. The molecular weight excluding hydrogens is 430 g/mol. The maximum Gasteiger partial charge on any atom is 0.243 e. The van der Waals surface area contributed by atoms with E-state index in [1.54, 1.807) is 0 Å². The molecule has 4 nitrogen and oxygen atoms in total. The molecular formula is C15H17Br2N3OS. The topological polar surface area (TPSA) is 76.7 Å². The van der Waals surface area contributed by atoms with E-state index in [2.05, 4.69) is 49.3 Å². The first-order valence-corrected chi connectivity index (χ1v) is 10.3. The van der Waals surface area contributed by atoms with Crippen molar-refractivity contribution in [2.75, 3.05) is 11.1 Å². The van der Waals surface area contributed by atoms with Gasteiger partial charge in [0.1, 0.15) is 5.92 Å². The largest absolute Gasteiger partial charge is 0.319 e. The minimum absolute atomic E-state index is 0.254. The predicted molar refractivity (Wildman–Crippen MR) is 94.4 cm³/mol. The monoisotopic (exact) mass is 445 g/mol. The number of thioether (sulfide) groups is 1. The average Bonchev–Trinajstić information content (AvgIpc) is 2.53. The summed E-state index contributed by atoms with van der Waals surface area (Å²) in [6.07, 6.45) is 4.55. The second-order valence-electron chi connectivity index (χ2n) is 5.65. The summed E-state index contributed by atoms with van der Waals surface area (Å²) in [6.45, 7) is 0. The normalized spacial score (nSPS) is 25.3. The number of hydrogen-bond acceptors (Lipinski definition) is 4. The fraction of sp³-hybridized carbons (Fsp3) is 0.667. The van der Waals surface area contributed by atoms with Crippen molar-refractivity contribution in [1.29, 1.82) is 10.5 Å². The fourth-order valence-electron chi connectivity index (χ4n) is 3.26. The van der Waals surface area contributed by atoms with Crippen molar-refractivity contribution in [3.8, 4) is 12.1 Å². The summed E-state index contributed by atoms with van der Waals surface area (Å²) in [6, 6.07) is 4.46. The Morgan fingerprint density at radius 3 is 2.59 bits per heavy atom. The molecule has 0 saturated heterocycles. The highest BCUT2D eigenvalue weighted by atomic mass is 79.9. The highest BCUT2D eigenvalue weighted by Crippen LogP contribution is 2.52. The molecule has 2 atom stereocenters. The number of hydrogen-bond donors (Lipinski definition) is 1. The Bertz CT molecular complexity index is 558. The van der Waals surface area contributed by atoms with E-state index in [1.165, 1.54) is 11.8 Å². The Kier molecular flexibility index (Phi) is 6.37. The number of alkyl halides is 2. The summed E-state index contributed by atoms with van der Waals surface area (Å²) in [5, 5.41) is 23.4. The molecule has 1 aliphatic heterocycles. The highest BCUT2D eigenvalue weighted by Gasteiger charge is 2.51. The van der Waals surface area contributed by atoms with Crippen LogP contribution in [0.3, 0.4) is 0 Å². The van der Waals surface area contributed by atoms with Crippen LogP contribution in [0.5, 0.6) is 0 Å². The van der Waals surface area contributed by atoms with Crippen LogP contribution in [0, 0.1) is 34.0 Å². The third-order valence-electron chi connectivity index (χ3n) is 4.34. The van der Waals surface area contributed by atoms with Crippen LogP contribution in [0.4, 0.5) is 0 Å². The molecule has 0 aromatic carbocycles. The molecule has 0 bridgehead atoms. The number of carbonyl (C=O) groups is 1. The SMILES string of the molecule is N#CC1=C(SC[C@@H](Br)CBr)NC(=O)[C@H](C#N)C12CCCCC2. The third kappa shape index (κ3) is 3.37. The summed E-state index contributed by atoms with van der Waals surface area (Å²) in [4.78, 5) is 12.6. The molecule has 1 fully saturated rings. The lowest BCUT2D eigenvalue weighted by atomic mass is 9.61. The van der Waals surface area contributed by atoms with Crippen LogP contribution < -0.4 is 5.32 Å². The molecule has 2 aliphatic rings. The molecule has 0 aromatic heterocycles. The van der Waals surface area contributed by atoms with Gasteiger partial charge in [-0.15, -0.1) is 11.8 Å². The van der Waals surface area contributed by atoms with Crippen LogP contribution in [0.1, 0.15) is 32.1 Å². The third-order valence-corrected chi connectivity index (χ3v) is 8.23. The van der Waals surface area contributed by atoms with Crippen molar-refractivity contribution in [2.45, 2.75) is 36.9 Å². The zero-order valence-corrected chi connectivity index (χ0v) is 16.1. The van der Waals surface area contributed by atoms with Crippen LogP contribution in [0.15, 0.2) is 10.6 Å². The van der Waals surface area contributed by atoms with Gasteiger partial charge in [0.2, 0.25) is 5.91 Å². The number of carbonyl (C=O) groups excluding carboxylic acids is 1. The second-order valence-corrected chi connectivity index (χ2v) is 8.62. The lowest BCUT2D eigenvalue weighted by molar-refractivity contribution is -0.126. The molecule has 1 spiro atoms. The Morgan fingerprint density at radius 2 is 2.05 bits per heavy atom. The first-order valence-electron chi connectivity index (χ1n) is 7.27. The van der Waals surface area contributed by atoms with Crippen LogP contribution in [0.2, 0.25) is 0 Å². The maximum atomic E-state index is 12.4. The molecule has 1 amide bonds. The van der Waals surface area contributed by atoms with Crippen molar-refractivity contribution < 1.29 is 4.79 Å². The number of amides is 1. The van der Waals surface area contributed by atoms with Crippen LogP contribution in [-0.2, 0) is 4.79 Å². The Labute approximate surface area is 152 Å². The van der Waals surface area contributed by atoms with Gasteiger partial charge in [-0.3, -0.25) is 4.79 Å². The van der Waals surface area contributed by atoms with Crippen LogP contribution in [0.25, 0.3) is 0 Å². The Morgan fingerprint density at radius 1 is 1.36 bits per heavy atom. The zero-order valence-electron chi connectivity index (χ0n) is 12.1. The molecule has 118 valence electrons. The van der Waals surface area contributed by atoms with Crippen LogP contribution >= 0.6 is 43.6 Å². The van der Waals surface area contributed by atoms with Crippen molar-refractivity contribution in [3.63, 3.8) is 0 Å². The number of halogens is 2. The van der Waals surface area contributed by atoms with Gasteiger partial charge in [0.25, 0.3) is 0 Å². The average molecular weight is 447 g/mol. The van der Waals surface area contributed by atoms with Crippen molar-refractivity contribution >= 4 is 49.5 Å². The molecule has 2 rings (SSSR count). The van der Waals surface area contributed by atoms with E-state index in [0.29, 0.717) is 10.6 Å². The van der Waals surface area contributed by atoms with Gasteiger partial charge in [0.15, 0.2) is 0 Å². The van der Waals surface area contributed by atoms with E-state index < -0.39 is 11.3 Å². The van der Waals surface area contributed by atoms with Crippen molar-refractivity contribution in [3.05, 3.63) is 10.6 Å². The predicted octanol–water partition coefficient (Wildman–Crippen LogP) is 3.83. The van der Waals surface area contributed by atoms with Crippen LogP contribution in [-0.4, -0.2) is 21.8 Å². The Balaban J connectivity index is 2.39. The van der Waals surface area contributed by atoms with Gasteiger partial charge < -0.3 is 5.32 Å². The molecule has 1 heterocycles. The molecule has 1 aliphatic carbocycles. The highest BCUT2D eigenvalue weighted by molar-refractivity contribution is 9.12. The first kappa shape index (κ1) is 17.8. The van der Waals surface area contributed by atoms with Gasteiger partial charge in [-0.2, -0.15) is 10.5 Å². The minimum Gasteiger partial charge on any atom is -0.319 e. The fourth-order valence-corrected chi connectivity index (χ4v) is 5.22. The summed E-state index contributed by atoms with van der Waals surface area (Å²) < 4.78 is 0. The lowest BCUT2D eigenvalue weighted by Gasteiger charge is -2.43. The second kappa shape index (κ2) is 7.86. The van der Waals surface area contributed by atoms with E-state index >= 15 is 0 Å². The number of nitrogens with zero attached hydrogens (tertiary/aromatic N) is 2. The summed E-state index contributed by atoms with van der Waals surface area (Å²) >= 11 is 8.42. The lowest BCUT2D eigenvalue weighted by Crippen LogP contribution is -2.48. The number of nitrogens with one attached hydrogen (secondary N) is 1. The van der Waals surface area contributed by atoms with Gasteiger partial charge in [-0.1, -0.05) is 51.1 Å². The number of nitriles is 2. The molecule has 22 heavy (non-hydrogen) atoms. The smallest absolute Gasteiger partial charge is 0.243 e. The van der Waals surface area contributed by atoms with Gasteiger partial charge in [0.05, 0.1) is 22.7 Å². The van der Waals surface area contributed by atoms with Gasteiger partial charge >= 0.3 is 0 Å². The van der Waals surface area contributed by atoms with E-state index in [0.717, 1.165) is 43.2 Å². The maximum absolute atomic E-state index is 12.4. The van der Waals surface area contributed by atoms with E-state index in [9.17, 15) is 15.3 Å². The van der Waals surface area contributed by atoms with Gasteiger partial charge in [-0.25, -0.2) is 0 Å². The Hall–Kier alpha value is -0.500. The number of rotatable bonds is 4. The summed E-state index contributed by atoms with van der Waals surface area (Å²) in [5.74, 6) is -0.252. The summed E-state index contributed by atoms with van der Waals surface area (Å²) in [5.41, 5.74) is 0.0282. The van der Waals surface area contributed by atoms with E-state index in [4.69, 9.17) is 0 Å². The van der Waals surface area contributed by atoms with Crippen molar-refractivity contribution in [2.24, 2.45) is 11.3 Å². The number of allylic oxidation sites excluding steroid dienone is 1. The van der Waals surface area contributed by atoms with E-state index in [-0.39, 0.29) is 10.7 Å². The standard InChI is InChI=1S/C15H17Br2N3OS/c16-6-10(17)9-22-14-12(8-19)15(4-2-1-3-5-15)11(7-18)13(21)20-14/h10-11H,1-6,9H2,(H,20,21)/t10-,11-/m0/s1. The molecule has 7 heteroatoms. The molecule has 0 radical (unpaired) electrons. The molecule has 0 unspecified atom stereocenters. The summed E-state index contributed by atoms with van der Waals surface area (Å²) in [7, 11) is 0. The van der Waals surface area contributed by atoms with E-state index in [1.807, 2.05) is 0 Å². The first-order chi connectivity index (χ1) is 10.6. The molecule has 1 N–H and O–H groups in total. The van der Waals surface area contributed by atoms with Gasteiger partial charge in [0, 0.05) is 21.3 Å². The quantitative estimate of drug-likeness (QED) is 0.665. The zero-order chi connectivity index (χ0) is 16.2. The molecule has 1 saturated carbocycles.